The summed E-state index contributed by atoms with van der Waals surface area (Å²) < 4.78 is 26.5. The molecule has 0 nitrogen and oxygen atoms in total. The molecule has 0 aliphatic carbocycles. The normalized spacial score (nSPS) is 10.4. The van der Waals surface area contributed by atoms with Crippen molar-refractivity contribution in [1.82, 2.24) is 0 Å². The van der Waals surface area contributed by atoms with Crippen molar-refractivity contribution in [2.24, 2.45) is 0 Å². The van der Waals surface area contributed by atoms with E-state index in [1.54, 1.807) is 0 Å². The third-order valence-electron chi connectivity index (χ3n) is 1.34. The highest BCUT2D eigenvalue weighted by molar-refractivity contribution is 9.11. The van der Waals surface area contributed by atoms with Crippen LogP contribution in [0.5, 0.6) is 0 Å². The summed E-state index contributed by atoms with van der Waals surface area (Å²) in [5.41, 5.74) is -0.127. The van der Waals surface area contributed by atoms with Crippen LogP contribution in [-0.2, 0) is 5.88 Å². The zero-order valence-corrected chi connectivity index (χ0v) is 9.60. The molecule has 0 aliphatic heterocycles. The van der Waals surface area contributed by atoms with Gasteiger partial charge in [-0.3, -0.25) is 0 Å². The molecule has 0 aliphatic rings. The maximum absolute atomic E-state index is 13.1. The van der Waals surface area contributed by atoms with E-state index in [1.165, 1.54) is 6.07 Å². The van der Waals surface area contributed by atoms with Crippen LogP contribution in [0.2, 0.25) is 0 Å². The SMILES string of the molecule is Fc1c(Br)cc(Br)c(F)c1CCl. The quantitative estimate of drug-likeness (QED) is 0.537. The van der Waals surface area contributed by atoms with Crippen molar-refractivity contribution in [2.45, 2.75) is 5.88 Å². The van der Waals surface area contributed by atoms with Gasteiger partial charge in [-0.15, -0.1) is 11.6 Å². The topological polar surface area (TPSA) is 0 Å². The predicted molar refractivity (Wildman–Crippen MR) is 51.3 cm³/mol. The smallest absolute Gasteiger partial charge is 0.144 e. The molecule has 0 saturated heterocycles. The van der Waals surface area contributed by atoms with E-state index in [2.05, 4.69) is 31.9 Å². The summed E-state index contributed by atoms with van der Waals surface area (Å²) in [4.78, 5) is 0. The van der Waals surface area contributed by atoms with Gasteiger partial charge in [-0.2, -0.15) is 0 Å². The molecule has 0 amide bonds. The molecule has 0 fully saturated rings. The zero-order chi connectivity index (χ0) is 9.30. The van der Waals surface area contributed by atoms with E-state index in [0.717, 1.165) is 0 Å². The van der Waals surface area contributed by atoms with Gasteiger partial charge in [-0.25, -0.2) is 8.78 Å². The molecule has 0 heterocycles. The highest BCUT2D eigenvalue weighted by atomic mass is 79.9. The molecule has 0 N–H and O–H groups in total. The van der Waals surface area contributed by atoms with E-state index in [0.29, 0.717) is 0 Å². The van der Waals surface area contributed by atoms with Crippen molar-refractivity contribution in [1.29, 1.82) is 0 Å². The fourth-order valence-electron chi connectivity index (χ4n) is 0.740. The van der Waals surface area contributed by atoms with Gasteiger partial charge >= 0.3 is 0 Å². The van der Waals surface area contributed by atoms with Gasteiger partial charge in [-0.1, -0.05) is 0 Å². The van der Waals surface area contributed by atoms with Gasteiger partial charge in [0.15, 0.2) is 0 Å². The van der Waals surface area contributed by atoms with E-state index >= 15 is 0 Å². The number of rotatable bonds is 1. The molecular weight excluding hydrogens is 317 g/mol. The fourth-order valence-corrected chi connectivity index (χ4v) is 2.22. The molecule has 66 valence electrons. The van der Waals surface area contributed by atoms with Gasteiger partial charge in [-0.05, 0) is 37.9 Å². The first-order valence-corrected chi connectivity index (χ1v) is 5.07. The Hall–Kier alpha value is 0.330. The summed E-state index contributed by atoms with van der Waals surface area (Å²) in [6.45, 7) is 0. The minimum Gasteiger partial charge on any atom is -0.205 e. The zero-order valence-electron chi connectivity index (χ0n) is 5.67. The standard InChI is InChI=1S/C7H3Br2ClF2/c8-4-1-5(9)7(12)3(2-10)6(4)11/h1H,2H2. The minimum atomic E-state index is -0.647. The lowest BCUT2D eigenvalue weighted by atomic mass is 10.2. The molecule has 0 aromatic heterocycles. The van der Waals surface area contributed by atoms with Crippen LogP contribution < -0.4 is 0 Å². The van der Waals surface area contributed by atoms with E-state index in [1.807, 2.05) is 0 Å². The molecule has 1 aromatic rings. The third-order valence-corrected chi connectivity index (χ3v) is 2.76. The Morgan fingerprint density at radius 2 is 1.58 bits per heavy atom. The molecule has 0 unspecified atom stereocenters. The lowest BCUT2D eigenvalue weighted by molar-refractivity contribution is 0.557. The number of alkyl halides is 1. The van der Waals surface area contributed by atoms with Crippen LogP contribution in [0, 0.1) is 11.6 Å². The maximum Gasteiger partial charge on any atom is 0.144 e. The lowest BCUT2D eigenvalue weighted by Crippen LogP contribution is -1.94. The van der Waals surface area contributed by atoms with Crippen molar-refractivity contribution in [3.05, 3.63) is 32.2 Å². The average molecular weight is 320 g/mol. The van der Waals surface area contributed by atoms with Gasteiger partial charge in [0.05, 0.1) is 14.8 Å². The summed E-state index contributed by atoms with van der Waals surface area (Å²) in [5, 5.41) is 0. The summed E-state index contributed by atoms with van der Waals surface area (Å²) in [5.74, 6) is -1.48. The molecule has 0 atom stereocenters. The third kappa shape index (κ3) is 1.80. The van der Waals surface area contributed by atoms with E-state index < -0.39 is 11.6 Å². The largest absolute Gasteiger partial charge is 0.205 e. The average Bonchev–Trinajstić information content (AvgIpc) is 2.02. The number of hydrogen-bond donors (Lipinski definition) is 0. The second kappa shape index (κ2) is 4.03. The molecular formula is C7H3Br2ClF2. The number of benzene rings is 1. The van der Waals surface area contributed by atoms with E-state index in [9.17, 15) is 8.78 Å². The van der Waals surface area contributed by atoms with Crippen LogP contribution in [0.25, 0.3) is 0 Å². The summed E-state index contributed by atoms with van der Waals surface area (Å²) >= 11 is 11.2. The summed E-state index contributed by atoms with van der Waals surface area (Å²) in [6, 6.07) is 1.31. The van der Waals surface area contributed by atoms with Crippen LogP contribution in [0.1, 0.15) is 5.56 Å². The first-order chi connectivity index (χ1) is 5.57. The fraction of sp³-hybridized carbons (Fsp3) is 0.143. The van der Waals surface area contributed by atoms with Crippen LogP contribution in [0.4, 0.5) is 8.78 Å². The van der Waals surface area contributed by atoms with Gasteiger partial charge < -0.3 is 0 Å². The molecule has 0 saturated carbocycles. The lowest BCUT2D eigenvalue weighted by Gasteiger charge is -2.04. The Kier molecular flexibility index (Phi) is 3.49. The molecule has 1 rings (SSSR count). The molecule has 12 heavy (non-hydrogen) atoms. The summed E-state index contributed by atoms with van der Waals surface area (Å²) in [6.07, 6.45) is 0. The van der Waals surface area contributed by atoms with Crippen LogP contribution >= 0.6 is 43.5 Å². The van der Waals surface area contributed by atoms with Crippen molar-refractivity contribution in [2.75, 3.05) is 0 Å². The highest BCUT2D eigenvalue weighted by Gasteiger charge is 2.14. The Balaban J connectivity index is 3.42. The molecule has 1 aromatic carbocycles. The van der Waals surface area contributed by atoms with E-state index in [4.69, 9.17) is 11.6 Å². The van der Waals surface area contributed by atoms with Gasteiger partial charge in [0, 0.05) is 5.56 Å². The molecule has 0 bridgehead atoms. The molecule has 0 spiro atoms. The minimum absolute atomic E-state index is 0.127. The first-order valence-electron chi connectivity index (χ1n) is 2.95. The van der Waals surface area contributed by atoms with Crippen molar-refractivity contribution in [3.63, 3.8) is 0 Å². The second-order valence-corrected chi connectivity index (χ2v) is 4.06. The maximum atomic E-state index is 13.1. The number of hydrogen-bond acceptors (Lipinski definition) is 0. The van der Waals surface area contributed by atoms with Crippen LogP contribution in [0.15, 0.2) is 15.0 Å². The van der Waals surface area contributed by atoms with Gasteiger partial charge in [0.25, 0.3) is 0 Å². The molecule has 5 heteroatoms. The van der Waals surface area contributed by atoms with Crippen molar-refractivity contribution < 1.29 is 8.78 Å². The Morgan fingerprint density at radius 3 is 1.92 bits per heavy atom. The first kappa shape index (κ1) is 10.4. The predicted octanol–water partition coefficient (Wildman–Crippen LogP) is 4.23. The van der Waals surface area contributed by atoms with Gasteiger partial charge in [0.1, 0.15) is 11.6 Å². The second-order valence-electron chi connectivity index (χ2n) is 2.08. The Bertz CT molecular complexity index is 289. The highest BCUT2D eigenvalue weighted by Crippen LogP contribution is 2.29. The molecule has 0 radical (unpaired) electrons. The number of halogens is 5. The Labute approximate surface area is 90.2 Å². The van der Waals surface area contributed by atoms with Crippen molar-refractivity contribution in [3.8, 4) is 0 Å². The van der Waals surface area contributed by atoms with Gasteiger partial charge in [0.2, 0.25) is 0 Å². The van der Waals surface area contributed by atoms with Crippen molar-refractivity contribution >= 4 is 43.5 Å². The summed E-state index contributed by atoms with van der Waals surface area (Å²) in [7, 11) is 0. The Morgan fingerprint density at radius 1 is 1.17 bits per heavy atom. The van der Waals surface area contributed by atoms with Crippen LogP contribution in [0.3, 0.4) is 0 Å². The van der Waals surface area contributed by atoms with Crippen LogP contribution in [-0.4, -0.2) is 0 Å². The van der Waals surface area contributed by atoms with E-state index in [-0.39, 0.29) is 20.4 Å². The monoisotopic (exact) mass is 318 g/mol.